The molecule has 1 atom stereocenters. The van der Waals surface area contributed by atoms with E-state index in [2.05, 4.69) is 15.6 Å². The van der Waals surface area contributed by atoms with E-state index < -0.39 is 0 Å². The van der Waals surface area contributed by atoms with Gasteiger partial charge in [0.15, 0.2) is 5.13 Å². The summed E-state index contributed by atoms with van der Waals surface area (Å²) < 4.78 is 5.45. The van der Waals surface area contributed by atoms with Gasteiger partial charge < -0.3 is 10.1 Å². The molecule has 122 valence electrons. The molecule has 23 heavy (non-hydrogen) atoms. The van der Waals surface area contributed by atoms with Gasteiger partial charge in [-0.15, -0.1) is 11.3 Å². The Morgan fingerprint density at radius 2 is 2.39 bits per heavy atom. The van der Waals surface area contributed by atoms with Crippen molar-refractivity contribution in [2.75, 3.05) is 25.5 Å². The maximum atomic E-state index is 12.4. The molecular formula is C17H21N3O2S. The number of rotatable bonds is 5. The molecule has 0 saturated carbocycles. The smallest absolute Gasteiger partial charge is 0.257 e. The molecule has 2 heterocycles. The lowest BCUT2D eigenvalue weighted by Gasteiger charge is -2.14. The number of aryl methyl sites for hydroxylation is 1. The summed E-state index contributed by atoms with van der Waals surface area (Å²) in [7, 11) is 1.67. The summed E-state index contributed by atoms with van der Waals surface area (Å²) in [5.41, 5.74) is 1.73. The second-order valence-electron chi connectivity index (χ2n) is 5.82. The van der Waals surface area contributed by atoms with Gasteiger partial charge in [-0.25, -0.2) is 4.98 Å². The average Bonchev–Trinajstić information content (AvgIpc) is 3.19. The Balaban J connectivity index is 1.77. The van der Waals surface area contributed by atoms with Crippen molar-refractivity contribution in [1.29, 1.82) is 0 Å². The standard InChI is InChI=1S/C17H21N3O2S/c1-11-9-19-17(23-11)20-16(21)13-3-4-15(22-2)14(8-13)7-12-5-6-18-10-12/h3-4,8-9,12,18H,5-7,10H2,1-2H3,(H,19,20,21). The molecule has 1 saturated heterocycles. The first-order valence-corrected chi connectivity index (χ1v) is 8.59. The van der Waals surface area contributed by atoms with Gasteiger partial charge in [-0.2, -0.15) is 0 Å². The number of carbonyl (C=O) groups is 1. The maximum absolute atomic E-state index is 12.4. The fourth-order valence-electron chi connectivity index (χ4n) is 2.86. The molecule has 1 aromatic carbocycles. The van der Waals surface area contributed by atoms with Gasteiger partial charge in [0.1, 0.15) is 5.75 Å². The quantitative estimate of drug-likeness (QED) is 0.884. The molecule has 0 bridgehead atoms. The Labute approximate surface area is 140 Å². The Morgan fingerprint density at radius 3 is 3.04 bits per heavy atom. The third-order valence-corrected chi connectivity index (χ3v) is 4.88. The van der Waals surface area contributed by atoms with E-state index >= 15 is 0 Å². The van der Waals surface area contributed by atoms with E-state index in [0.717, 1.165) is 42.1 Å². The summed E-state index contributed by atoms with van der Waals surface area (Å²) in [4.78, 5) is 17.7. The van der Waals surface area contributed by atoms with Crippen LogP contribution in [0.1, 0.15) is 27.2 Å². The first-order chi connectivity index (χ1) is 11.2. The van der Waals surface area contributed by atoms with Gasteiger partial charge in [-0.3, -0.25) is 10.1 Å². The number of ether oxygens (including phenoxy) is 1. The molecule has 6 heteroatoms. The monoisotopic (exact) mass is 331 g/mol. The van der Waals surface area contributed by atoms with Gasteiger partial charge in [0, 0.05) is 16.6 Å². The summed E-state index contributed by atoms with van der Waals surface area (Å²) >= 11 is 1.47. The number of anilines is 1. The van der Waals surface area contributed by atoms with Crippen molar-refractivity contribution >= 4 is 22.4 Å². The molecule has 1 unspecified atom stereocenters. The lowest BCUT2D eigenvalue weighted by atomic mass is 9.96. The van der Waals surface area contributed by atoms with Gasteiger partial charge in [0.25, 0.3) is 5.91 Å². The van der Waals surface area contributed by atoms with Gasteiger partial charge in [-0.1, -0.05) is 0 Å². The molecule has 0 radical (unpaired) electrons. The maximum Gasteiger partial charge on any atom is 0.257 e. The van der Waals surface area contributed by atoms with Crippen molar-refractivity contribution in [2.45, 2.75) is 19.8 Å². The molecule has 3 rings (SSSR count). The van der Waals surface area contributed by atoms with Crippen LogP contribution in [0.25, 0.3) is 0 Å². The van der Waals surface area contributed by atoms with Gasteiger partial charge >= 0.3 is 0 Å². The number of benzene rings is 1. The number of hydrogen-bond acceptors (Lipinski definition) is 5. The van der Waals surface area contributed by atoms with E-state index in [9.17, 15) is 4.79 Å². The van der Waals surface area contributed by atoms with Crippen molar-refractivity contribution < 1.29 is 9.53 Å². The highest BCUT2D eigenvalue weighted by molar-refractivity contribution is 7.15. The van der Waals surface area contributed by atoms with E-state index in [0.29, 0.717) is 16.6 Å². The number of methoxy groups -OCH3 is 1. The van der Waals surface area contributed by atoms with E-state index in [1.165, 1.54) is 11.3 Å². The molecule has 2 N–H and O–H groups in total. The predicted octanol–water partition coefficient (Wildman–Crippen LogP) is 2.86. The molecule has 1 amide bonds. The first kappa shape index (κ1) is 16.0. The fourth-order valence-corrected chi connectivity index (χ4v) is 3.52. The van der Waals surface area contributed by atoms with Crippen LogP contribution in [0, 0.1) is 12.8 Å². The number of hydrogen-bond donors (Lipinski definition) is 2. The lowest BCUT2D eigenvalue weighted by molar-refractivity contribution is 0.102. The van der Waals surface area contributed by atoms with Crippen LogP contribution in [0.3, 0.4) is 0 Å². The van der Waals surface area contributed by atoms with Crippen LogP contribution in [0.2, 0.25) is 0 Å². The zero-order valence-corrected chi connectivity index (χ0v) is 14.2. The largest absolute Gasteiger partial charge is 0.496 e. The summed E-state index contributed by atoms with van der Waals surface area (Å²) in [6.45, 7) is 4.06. The molecule has 1 aliphatic rings. The third-order valence-electron chi connectivity index (χ3n) is 4.06. The Bertz CT molecular complexity index is 693. The van der Waals surface area contributed by atoms with Gasteiger partial charge in [0.2, 0.25) is 0 Å². The highest BCUT2D eigenvalue weighted by atomic mass is 32.1. The highest BCUT2D eigenvalue weighted by Gasteiger charge is 2.18. The fraction of sp³-hybridized carbons (Fsp3) is 0.412. The van der Waals surface area contributed by atoms with Gasteiger partial charge in [0.05, 0.1) is 7.11 Å². The van der Waals surface area contributed by atoms with E-state index in [-0.39, 0.29) is 5.91 Å². The van der Waals surface area contributed by atoms with Crippen LogP contribution in [-0.2, 0) is 6.42 Å². The minimum absolute atomic E-state index is 0.132. The van der Waals surface area contributed by atoms with Gasteiger partial charge in [-0.05, 0) is 62.5 Å². The molecule has 1 aromatic heterocycles. The molecule has 0 aliphatic carbocycles. The van der Waals surface area contributed by atoms with Crippen molar-refractivity contribution in [3.05, 3.63) is 40.4 Å². The minimum Gasteiger partial charge on any atom is -0.496 e. The highest BCUT2D eigenvalue weighted by Crippen LogP contribution is 2.26. The van der Waals surface area contributed by atoms with Crippen LogP contribution < -0.4 is 15.4 Å². The first-order valence-electron chi connectivity index (χ1n) is 7.77. The number of nitrogens with one attached hydrogen (secondary N) is 2. The van der Waals surface area contributed by atoms with Crippen LogP contribution in [0.4, 0.5) is 5.13 Å². The minimum atomic E-state index is -0.132. The normalized spacial score (nSPS) is 17.2. The summed E-state index contributed by atoms with van der Waals surface area (Å²) in [5, 5.41) is 6.86. The van der Waals surface area contributed by atoms with E-state index in [4.69, 9.17) is 4.74 Å². The number of carbonyl (C=O) groups excluding carboxylic acids is 1. The molecule has 1 aliphatic heterocycles. The van der Waals surface area contributed by atoms with E-state index in [1.807, 2.05) is 19.1 Å². The van der Waals surface area contributed by atoms with E-state index in [1.54, 1.807) is 19.4 Å². The number of aromatic nitrogens is 1. The summed E-state index contributed by atoms with van der Waals surface area (Å²) in [6.07, 6.45) is 3.85. The second kappa shape index (κ2) is 7.10. The van der Waals surface area contributed by atoms with Crippen LogP contribution >= 0.6 is 11.3 Å². The molecule has 0 spiro atoms. The Hall–Kier alpha value is -1.92. The van der Waals surface area contributed by atoms with Crippen LogP contribution in [0.15, 0.2) is 24.4 Å². The van der Waals surface area contributed by atoms with Crippen molar-refractivity contribution in [2.24, 2.45) is 5.92 Å². The molecule has 1 fully saturated rings. The van der Waals surface area contributed by atoms with Crippen molar-refractivity contribution in [3.8, 4) is 5.75 Å². The van der Waals surface area contributed by atoms with Crippen LogP contribution in [-0.4, -0.2) is 31.1 Å². The Morgan fingerprint density at radius 1 is 1.52 bits per heavy atom. The molecule has 5 nitrogen and oxygen atoms in total. The topological polar surface area (TPSA) is 63.2 Å². The third kappa shape index (κ3) is 3.89. The lowest BCUT2D eigenvalue weighted by Crippen LogP contribution is -2.14. The summed E-state index contributed by atoms with van der Waals surface area (Å²) in [5.74, 6) is 1.31. The average molecular weight is 331 g/mol. The number of nitrogens with zero attached hydrogens (tertiary/aromatic N) is 1. The van der Waals surface area contributed by atoms with Crippen molar-refractivity contribution in [1.82, 2.24) is 10.3 Å². The number of thiazole rings is 1. The molecular weight excluding hydrogens is 310 g/mol. The zero-order chi connectivity index (χ0) is 16.2. The zero-order valence-electron chi connectivity index (χ0n) is 13.4. The van der Waals surface area contributed by atoms with Crippen molar-refractivity contribution in [3.63, 3.8) is 0 Å². The second-order valence-corrected chi connectivity index (χ2v) is 7.05. The number of amides is 1. The SMILES string of the molecule is COc1ccc(C(=O)Nc2ncc(C)s2)cc1CC1CCNC1. The molecule has 2 aromatic rings. The predicted molar refractivity (Wildman–Crippen MR) is 92.5 cm³/mol. The Kier molecular flexibility index (Phi) is 4.93. The summed E-state index contributed by atoms with van der Waals surface area (Å²) in [6, 6.07) is 5.61. The van der Waals surface area contributed by atoms with Crippen LogP contribution in [0.5, 0.6) is 5.75 Å².